The molecule has 0 saturated carbocycles. The molecule has 6 heteroatoms. The van der Waals surface area contributed by atoms with Crippen molar-refractivity contribution in [2.24, 2.45) is 0 Å². The molecule has 2 amide bonds. The summed E-state index contributed by atoms with van der Waals surface area (Å²) < 4.78 is 0. The summed E-state index contributed by atoms with van der Waals surface area (Å²) in [4.78, 5) is 24.4. The molecule has 114 valence electrons. The van der Waals surface area contributed by atoms with Crippen molar-refractivity contribution >= 4 is 36.0 Å². The minimum Gasteiger partial charge on any atom is -0.350 e. The molecule has 0 spiro atoms. The van der Waals surface area contributed by atoms with E-state index in [4.69, 9.17) is 11.6 Å². The van der Waals surface area contributed by atoms with Crippen molar-refractivity contribution in [1.29, 1.82) is 0 Å². The highest BCUT2D eigenvalue weighted by atomic mass is 35.5. The molecule has 0 aliphatic heterocycles. The number of rotatable bonds is 5. The molecule has 0 atom stereocenters. The predicted octanol–water partition coefficient (Wildman–Crippen LogP) is 2.79. The van der Waals surface area contributed by atoms with Crippen molar-refractivity contribution in [3.63, 3.8) is 0 Å². The van der Waals surface area contributed by atoms with Gasteiger partial charge in [-0.15, -0.1) is 12.6 Å². The molecule has 0 fully saturated rings. The Kier molecular flexibility index (Phi) is 5.86. The van der Waals surface area contributed by atoms with Crippen LogP contribution in [-0.2, 0) is 0 Å². The highest BCUT2D eigenvalue weighted by molar-refractivity contribution is 7.80. The Hall–Kier alpha value is -1.98. The summed E-state index contributed by atoms with van der Waals surface area (Å²) in [5.41, 5.74) is 1.03. The van der Waals surface area contributed by atoms with E-state index in [2.05, 4.69) is 23.3 Å². The molecule has 2 N–H and O–H groups in total. The molecular weight excluding hydrogens is 320 g/mol. The zero-order valence-corrected chi connectivity index (χ0v) is 13.3. The van der Waals surface area contributed by atoms with E-state index in [1.54, 1.807) is 42.5 Å². The molecule has 0 radical (unpaired) electrons. The Balaban J connectivity index is 1.77. The summed E-state index contributed by atoms with van der Waals surface area (Å²) in [5, 5.41) is 6.03. The molecule has 0 unspecified atom stereocenters. The minimum atomic E-state index is -0.216. The highest BCUT2D eigenvalue weighted by Crippen LogP contribution is 2.12. The second kappa shape index (κ2) is 7.87. The standard InChI is InChI=1S/C16H15ClN2O2S/c17-12-7-5-11(6-8-12)15(20)18-9-10-19-16(21)13-3-1-2-4-14(13)22/h1-8,22H,9-10H2,(H,18,20)(H,19,21). The average Bonchev–Trinajstić information content (AvgIpc) is 2.52. The average molecular weight is 335 g/mol. The van der Waals surface area contributed by atoms with Gasteiger partial charge in [0.2, 0.25) is 0 Å². The van der Waals surface area contributed by atoms with Crippen molar-refractivity contribution in [3.8, 4) is 0 Å². The molecular formula is C16H15ClN2O2S. The highest BCUT2D eigenvalue weighted by Gasteiger charge is 2.08. The van der Waals surface area contributed by atoms with Gasteiger partial charge in [-0.1, -0.05) is 23.7 Å². The molecule has 0 aromatic heterocycles. The van der Waals surface area contributed by atoms with Crippen LogP contribution in [0.5, 0.6) is 0 Å². The molecule has 0 heterocycles. The van der Waals surface area contributed by atoms with Crippen LogP contribution in [0.25, 0.3) is 0 Å². The van der Waals surface area contributed by atoms with Gasteiger partial charge in [0.1, 0.15) is 0 Å². The Bertz CT molecular complexity index is 674. The smallest absolute Gasteiger partial charge is 0.252 e. The van der Waals surface area contributed by atoms with E-state index in [-0.39, 0.29) is 11.8 Å². The van der Waals surface area contributed by atoms with Gasteiger partial charge in [-0.2, -0.15) is 0 Å². The van der Waals surface area contributed by atoms with Gasteiger partial charge in [-0.25, -0.2) is 0 Å². The summed E-state index contributed by atoms with van der Waals surface area (Å²) in [6, 6.07) is 13.6. The number of amides is 2. The lowest BCUT2D eigenvalue weighted by atomic mass is 10.2. The zero-order valence-electron chi connectivity index (χ0n) is 11.7. The lowest BCUT2D eigenvalue weighted by Crippen LogP contribution is -2.34. The van der Waals surface area contributed by atoms with Gasteiger partial charge in [0.05, 0.1) is 5.56 Å². The number of nitrogens with one attached hydrogen (secondary N) is 2. The summed E-state index contributed by atoms with van der Waals surface area (Å²) in [7, 11) is 0. The van der Waals surface area contributed by atoms with Crippen molar-refractivity contribution in [1.82, 2.24) is 10.6 Å². The Labute approximate surface area is 139 Å². The number of carbonyl (C=O) groups excluding carboxylic acids is 2. The quantitative estimate of drug-likeness (QED) is 0.581. The third-order valence-corrected chi connectivity index (χ3v) is 3.59. The lowest BCUT2D eigenvalue weighted by molar-refractivity contribution is 0.0926. The number of hydrogen-bond acceptors (Lipinski definition) is 3. The van der Waals surface area contributed by atoms with Gasteiger partial charge in [0, 0.05) is 28.6 Å². The molecule has 0 aliphatic carbocycles. The maximum atomic E-state index is 11.9. The van der Waals surface area contributed by atoms with Crippen LogP contribution < -0.4 is 10.6 Å². The van der Waals surface area contributed by atoms with E-state index >= 15 is 0 Å². The fourth-order valence-electron chi connectivity index (χ4n) is 1.82. The third kappa shape index (κ3) is 4.51. The largest absolute Gasteiger partial charge is 0.350 e. The maximum absolute atomic E-state index is 11.9. The lowest BCUT2D eigenvalue weighted by Gasteiger charge is -2.08. The molecule has 0 aliphatic rings. The SMILES string of the molecule is O=C(NCCNC(=O)c1ccccc1S)c1ccc(Cl)cc1. The van der Waals surface area contributed by atoms with E-state index in [0.29, 0.717) is 34.1 Å². The second-order valence-corrected chi connectivity index (χ2v) is 5.45. The van der Waals surface area contributed by atoms with E-state index in [1.807, 2.05) is 6.07 Å². The molecule has 0 bridgehead atoms. The first-order valence-electron chi connectivity index (χ1n) is 6.68. The van der Waals surface area contributed by atoms with Crippen molar-refractivity contribution in [2.45, 2.75) is 4.90 Å². The number of halogens is 1. The topological polar surface area (TPSA) is 58.2 Å². The summed E-state index contributed by atoms with van der Waals surface area (Å²) in [6.07, 6.45) is 0. The number of carbonyl (C=O) groups is 2. The van der Waals surface area contributed by atoms with Gasteiger partial charge in [-0.3, -0.25) is 9.59 Å². The van der Waals surface area contributed by atoms with Crippen LogP contribution in [0.2, 0.25) is 5.02 Å². The van der Waals surface area contributed by atoms with Crippen molar-refractivity contribution < 1.29 is 9.59 Å². The monoisotopic (exact) mass is 334 g/mol. The van der Waals surface area contributed by atoms with Crippen molar-refractivity contribution in [2.75, 3.05) is 13.1 Å². The molecule has 2 rings (SSSR count). The zero-order chi connectivity index (χ0) is 15.9. The molecule has 22 heavy (non-hydrogen) atoms. The van der Waals surface area contributed by atoms with E-state index < -0.39 is 0 Å². The van der Waals surface area contributed by atoms with Crippen LogP contribution in [-0.4, -0.2) is 24.9 Å². The summed E-state index contributed by atoms with van der Waals surface area (Å²) >= 11 is 9.99. The van der Waals surface area contributed by atoms with Crippen LogP contribution in [0.1, 0.15) is 20.7 Å². The van der Waals surface area contributed by atoms with Gasteiger partial charge in [-0.05, 0) is 36.4 Å². The number of hydrogen-bond donors (Lipinski definition) is 3. The Morgan fingerprint density at radius 3 is 2.14 bits per heavy atom. The van der Waals surface area contributed by atoms with Gasteiger partial charge in [0.15, 0.2) is 0 Å². The van der Waals surface area contributed by atoms with Gasteiger partial charge < -0.3 is 10.6 Å². The van der Waals surface area contributed by atoms with E-state index in [0.717, 1.165) is 0 Å². The molecule has 0 saturated heterocycles. The number of thiol groups is 1. The first kappa shape index (κ1) is 16.4. The van der Waals surface area contributed by atoms with E-state index in [9.17, 15) is 9.59 Å². The Morgan fingerprint density at radius 1 is 0.909 bits per heavy atom. The molecule has 2 aromatic rings. The minimum absolute atomic E-state index is 0.208. The van der Waals surface area contributed by atoms with Crippen molar-refractivity contribution in [3.05, 3.63) is 64.7 Å². The van der Waals surface area contributed by atoms with Crippen LogP contribution in [0.3, 0.4) is 0 Å². The fraction of sp³-hybridized carbons (Fsp3) is 0.125. The predicted molar refractivity (Wildman–Crippen MR) is 89.8 cm³/mol. The maximum Gasteiger partial charge on any atom is 0.252 e. The van der Waals surface area contributed by atoms with Gasteiger partial charge >= 0.3 is 0 Å². The summed E-state index contributed by atoms with van der Waals surface area (Å²) in [5.74, 6) is -0.424. The molecule has 2 aromatic carbocycles. The Morgan fingerprint density at radius 2 is 1.50 bits per heavy atom. The summed E-state index contributed by atoms with van der Waals surface area (Å²) in [6.45, 7) is 0.669. The first-order chi connectivity index (χ1) is 10.6. The first-order valence-corrected chi connectivity index (χ1v) is 7.50. The van der Waals surface area contributed by atoms with E-state index in [1.165, 1.54) is 0 Å². The van der Waals surface area contributed by atoms with Crippen LogP contribution >= 0.6 is 24.2 Å². The molecule has 4 nitrogen and oxygen atoms in total. The van der Waals surface area contributed by atoms with Gasteiger partial charge in [0.25, 0.3) is 11.8 Å². The fourth-order valence-corrected chi connectivity index (χ4v) is 2.20. The van der Waals surface area contributed by atoms with Crippen LogP contribution in [0.15, 0.2) is 53.4 Å². The van der Waals surface area contributed by atoms with Crippen LogP contribution in [0.4, 0.5) is 0 Å². The number of benzene rings is 2. The second-order valence-electron chi connectivity index (χ2n) is 4.54. The normalized spacial score (nSPS) is 10.1. The van der Waals surface area contributed by atoms with Crippen LogP contribution in [0, 0.1) is 0 Å². The third-order valence-electron chi connectivity index (χ3n) is 2.95.